The van der Waals surface area contributed by atoms with E-state index in [-0.39, 0.29) is 5.91 Å². The summed E-state index contributed by atoms with van der Waals surface area (Å²) in [5.74, 6) is 1.19. The van der Waals surface area contributed by atoms with E-state index in [1.165, 1.54) is 116 Å². The lowest BCUT2D eigenvalue weighted by Gasteiger charge is -2.07. The van der Waals surface area contributed by atoms with Gasteiger partial charge in [0.05, 0.1) is 0 Å². The highest BCUT2D eigenvalue weighted by Crippen LogP contribution is 2.14. The minimum absolute atomic E-state index is 0.190. The van der Waals surface area contributed by atoms with Crippen LogP contribution in [-0.2, 0) is 11.3 Å². The SMILES string of the molecule is CCCCCCCCCCCCCCCCCCCCCC(=O)NCCn1ccnc1C. The lowest BCUT2D eigenvalue weighted by molar-refractivity contribution is -0.121. The second-order valence-electron chi connectivity index (χ2n) is 9.63. The second kappa shape index (κ2) is 21.5. The molecule has 0 fully saturated rings. The first-order valence-electron chi connectivity index (χ1n) is 14.0. The molecule has 0 saturated carbocycles. The van der Waals surface area contributed by atoms with Crippen molar-refractivity contribution in [3.05, 3.63) is 18.2 Å². The smallest absolute Gasteiger partial charge is 0.220 e. The van der Waals surface area contributed by atoms with Gasteiger partial charge in [-0.3, -0.25) is 4.79 Å². The van der Waals surface area contributed by atoms with Gasteiger partial charge in [-0.05, 0) is 13.3 Å². The average Bonchev–Trinajstić information content (AvgIpc) is 3.20. The Balaban J connectivity index is 1.72. The fraction of sp³-hybridized carbons (Fsp3) is 0.857. The normalized spacial score (nSPS) is 11.2. The van der Waals surface area contributed by atoms with Crippen LogP contribution in [0, 0.1) is 6.92 Å². The topological polar surface area (TPSA) is 46.9 Å². The Kier molecular flexibility index (Phi) is 19.3. The monoisotopic (exact) mass is 447 g/mol. The first kappa shape index (κ1) is 28.7. The second-order valence-corrected chi connectivity index (χ2v) is 9.63. The molecule has 0 saturated heterocycles. The van der Waals surface area contributed by atoms with Gasteiger partial charge >= 0.3 is 0 Å². The molecular weight excluding hydrogens is 394 g/mol. The summed E-state index contributed by atoms with van der Waals surface area (Å²) in [4.78, 5) is 16.1. The van der Waals surface area contributed by atoms with Crippen molar-refractivity contribution >= 4 is 5.91 Å². The van der Waals surface area contributed by atoms with Crippen LogP contribution in [0.3, 0.4) is 0 Å². The highest BCUT2D eigenvalue weighted by atomic mass is 16.1. The first-order valence-corrected chi connectivity index (χ1v) is 14.0. The minimum atomic E-state index is 0.190. The van der Waals surface area contributed by atoms with Gasteiger partial charge in [0.25, 0.3) is 0 Å². The van der Waals surface area contributed by atoms with Crippen LogP contribution in [0.25, 0.3) is 0 Å². The Labute approximate surface area is 199 Å². The van der Waals surface area contributed by atoms with Crippen LogP contribution in [0.1, 0.15) is 141 Å². The molecule has 0 unspecified atom stereocenters. The summed E-state index contributed by atoms with van der Waals surface area (Å²) in [7, 11) is 0. The number of hydrogen-bond acceptors (Lipinski definition) is 2. The predicted octanol–water partition coefficient (Wildman–Crippen LogP) is 8.13. The number of aromatic nitrogens is 2. The number of carbonyl (C=O) groups excluding carboxylic acids is 1. The lowest BCUT2D eigenvalue weighted by atomic mass is 10.0. The molecule has 1 heterocycles. The number of carbonyl (C=O) groups is 1. The predicted molar refractivity (Wildman–Crippen MR) is 138 cm³/mol. The number of aryl methyl sites for hydroxylation is 1. The fourth-order valence-electron chi connectivity index (χ4n) is 4.41. The molecule has 1 N–H and O–H groups in total. The third-order valence-electron chi connectivity index (χ3n) is 6.61. The lowest BCUT2D eigenvalue weighted by Crippen LogP contribution is -2.27. The van der Waals surface area contributed by atoms with E-state index in [1.807, 2.05) is 13.1 Å². The molecular formula is C28H53N3O. The Hall–Kier alpha value is -1.32. The molecule has 0 bridgehead atoms. The van der Waals surface area contributed by atoms with Gasteiger partial charge in [-0.25, -0.2) is 4.98 Å². The van der Waals surface area contributed by atoms with Gasteiger partial charge in [0.2, 0.25) is 5.91 Å². The van der Waals surface area contributed by atoms with Crippen LogP contribution in [0.2, 0.25) is 0 Å². The number of imidazole rings is 1. The molecule has 0 aliphatic heterocycles. The van der Waals surface area contributed by atoms with Crippen LogP contribution in [0.4, 0.5) is 0 Å². The summed E-state index contributed by atoms with van der Waals surface area (Å²) in [6.07, 6.45) is 30.7. The highest BCUT2D eigenvalue weighted by Gasteiger charge is 2.02. The average molecular weight is 448 g/mol. The van der Waals surface area contributed by atoms with Crippen LogP contribution >= 0.6 is 0 Å². The van der Waals surface area contributed by atoms with E-state index in [0.29, 0.717) is 13.0 Å². The van der Waals surface area contributed by atoms with Gasteiger partial charge in [-0.15, -0.1) is 0 Å². The maximum Gasteiger partial charge on any atom is 0.220 e. The van der Waals surface area contributed by atoms with Gasteiger partial charge in [0.15, 0.2) is 0 Å². The molecule has 1 rings (SSSR count). The molecule has 32 heavy (non-hydrogen) atoms. The number of rotatable bonds is 23. The molecule has 4 heteroatoms. The van der Waals surface area contributed by atoms with Crippen LogP contribution in [0.15, 0.2) is 12.4 Å². The zero-order valence-corrected chi connectivity index (χ0v) is 21.5. The Morgan fingerprint density at radius 2 is 1.19 bits per heavy atom. The molecule has 0 aliphatic carbocycles. The summed E-state index contributed by atoms with van der Waals surface area (Å²) in [5.41, 5.74) is 0. The maximum atomic E-state index is 11.9. The minimum Gasteiger partial charge on any atom is -0.354 e. The van der Waals surface area contributed by atoms with Crippen molar-refractivity contribution in [3.63, 3.8) is 0 Å². The van der Waals surface area contributed by atoms with E-state index in [1.54, 1.807) is 6.20 Å². The zero-order valence-electron chi connectivity index (χ0n) is 21.5. The van der Waals surface area contributed by atoms with Gasteiger partial charge in [0, 0.05) is 31.9 Å². The number of hydrogen-bond donors (Lipinski definition) is 1. The summed E-state index contributed by atoms with van der Waals surface area (Å²) in [5, 5.41) is 3.02. The van der Waals surface area contributed by atoms with E-state index in [4.69, 9.17) is 0 Å². The molecule has 1 aromatic heterocycles. The van der Waals surface area contributed by atoms with Crippen molar-refractivity contribution in [2.24, 2.45) is 0 Å². The van der Waals surface area contributed by atoms with Crippen molar-refractivity contribution in [1.29, 1.82) is 0 Å². The summed E-state index contributed by atoms with van der Waals surface area (Å²) in [6.45, 7) is 5.77. The zero-order chi connectivity index (χ0) is 23.1. The molecule has 1 amide bonds. The van der Waals surface area contributed by atoms with Crippen molar-refractivity contribution in [2.45, 2.75) is 149 Å². The van der Waals surface area contributed by atoms with E-state index < -0.39 is 0 Å². The first-order chi connectivity index (χ1) is 15.7. The van der Waals surface area contributed by atoms with Gasteiger partial charge in [-0.1, -0.05) is 122 Å². The van der Waals surface area contributed by atoms with Crippen LogP contribution in [0.5, 0.6) is 0 Å². The molecule has 0 radical (unpaired) electrons. The van der Waals surface area contributed by atoms with E-state index >= 15 is 0 Å². The van der Waals surface area contributed by atoms with Gasteiger partial charge in [-0.2, -0.15) is 0 Å². The molecule has 4 nitrogen and oxygen atoms in total. The third-order valence-corrected chi connectivity index (χ3v) is 6.61. The maximum absolute atomic E-state index is 11.9. The summed E-state index contributed by atoms with van der Waals surface area (Å²) >= 11 is 0. The largest absolute Gasteiger partial charge is 0.354 e. The number of nitrogens with zero attached hydrogens (tertiary/aromatic N) is 2. The Morgan fingerprint density at radius 1 is 0.750 bits per heavy atom. The van der Waals surface area contributed by atoms with Crippen molar-refractivity contribution in [1.82, 2.24) is 14.9 Å². The van der Waals surface area contributed by atoms with E-state index in [0.717, 1.165) is 18.8 Å². The van der Waals surface area contributed by atoms with Gasteiger partial charge < -0.3 is 9.88 Å². The molecule has 1 aromatic rings. The van der Waals surface area contributed by atoms with E-state index in [9.17, 15) is 4.79 Å². The molecule has 0 spiro atoms. The Bertz CT molecular complexity index is 541. The molecule has 0 atom stereocenters. The summed E-state index contributed by atoms with van der Waals surface area (Å²) in [6, 6.07) is 0. The quantitative estimate of drug-likeness (QED) is 0.172. The van der Waals surface area contributed by atoms with E-state index in [2.05, 4.69) is 21.8 Å². The fourth-order valence-corrected chi connectivity index (χ4v) is 4.41. The number of amides is 1. The molecule has 0 aliphatic rings. The Morgan fingerprint density at radius 3 is 1.59 bits per heavy atom. The highest BCUT2D eigenvalue weighted by molar-refractivity contribution is 5.75. The van der Waals surface area contributed by atoms with Crippen molar-refractivity contribution < 1.29 is 4.79 Å². The number of nitrogens with one attached hydrogen (secondary N) is 1. The van der Waals surface area contributed by atoms with Crippen molar-refractivity contribution in [2.75, 3.05) is 6.54 Å². The van der Waals surface area contributed by atoms with Crippen molar-refractivity contribution in [3.8, 4) is 0 Å². The van der Waals surface area contributed by atoms with Gasteiger partial charge in [0.1, 0.15) is 5.82 Å². The van der Waals surface area contributed by atoms with Crippen LogP contribution < -0.4 is 5.32 Å². The van der Waals surface area contributed by atoms with Crippen LogP contribution in [-0.4, -0.2) is 22.0 Å². The third kappa shape index (κ3) is 17.3. The summed E-state index contributed by atoms with van der Waals surface area (Å²) < 4.78 is 2.07. The molecule has 0 aromatic carbocycles. The standard InChI is InChI=1S/C28H53N3O/c1-3-4-5-6-7-8-9-10-11-12-13-14-15-16-17-18-19-20-21-22-28(32)30-24-26-31-25-23-29-27(31)2/h23,25H,3-22,24,26H2,1-2H3,(H,30,32). The number of unbranched alkanes of at least 4 members (excludes halogenated alkanes) is 18. The molecule has 186 valence electrons.